The number of fused-ring (bicyclic) bond motifs is 4. The number of hydrogen-bond donors (Lipinski definition) is 1. The summed E-state index contributed by atoms with van der Waals surface area (Å²) in [4.78, 5) is 18.5. The highest BCUT2D eigenvalue weighted by Gasteiger charge is 2.43. The van der Waals surface area contributed by atoms with Crippen LogP contribution in [-0.2, 0) is 12.1 Å². The van der Waals surface area contributed by atoms with Crippen LogP contribution < -0.4 is 5.32 Å². The molecule has 0 radical (unpaired) electrons. The molecule has 1 saturated heterocycles. The highest BCUT2D eigenvalue weighted by molar-refractivity contribution is 5.90. The number of nitrogens with one attached hydrogen (secondary N) is 1. The van der Waals surface area contributed by atoms with E-state index in [1.807, 2.05) is 17.9 Å². The van der Waals surface area contributed by atoms with Gasteiger partial charge in [0.15, 0.2) is 0 Å². The normalized spacial score (nSPS) is 21.1. The van der Waals surface area contributed by atoms with Gasteiger partial charge in [0.05, 0.1) is 6.04 Å². The van der Waals surface area contributed by atoms with Crippen LogP contribution in [0, 0.1) is 12.9 Å². The minimum Gasteiger partial charge on any atom is -0.314 e. The molecule has 2 aromatic rings. The Bertz CT molecular complexity index is 907. The number of alkyl halides is 1. The fourth-order valence-corrected chi connectivity index (χ4v) is 4.52. The molecule has 1 N–H and O–H groups in total. The number of carbonyl (C=O) groups is 1. The van der Waals surface area contributed by atoms with E-state index in [1.165, 1.54) is 20.0 Å². The molecule has 0 spiro atoms. The number of amides is 2. The number of anilines is 1. The standard InChI is InChI=1S/C21H23F2N3O/c1-12-10-13(4-6-17(12)21(2,3)23)25-20(27)26-14-5-7-18(26)15-8-9-24-19(22)16(15)11-14/h4,6,8-10,14,18H,5,7,11H2,1-3H3,(H,25,27). The second-order valence-electron chi connectivity index (χ2n) is 7.96. The van der Waals surface area contributed by atoms with Gasteiger partial charge in [0, 0.05) is 23.5 Å². The van der Waals surface area contributed by atoms with Gasteiger partial charge in [-0.25, -0.2) is 14.2 Å². The number of rotatable bonds is 2. The summed E-state index contributed by atoms with van der Waals surface area (Å²) in [5.74, 6) is -0.426. The summed E-state index contributed by atoms with van der Waals surface area (Å²) in [7, 11) is 0. The first-order valence-electron chi connectivity index (χ1n) is 9.28. The third kappa shape index (κ3) is 3.07. The molecule has 2 bridgehead atoms. The molecule has 2 aliphatic heterocycles. The van der Waals surface area contributed by atoms with Crippen LogP contribution in [0.1, 0.15) is 55.0 Å². The lowest BCUT2D eigenvalue weighted by atomic mass is 9.94. The lowest BCUT2D eigenvalue weighted by Crippen LogP contribution is -2.44. The van der Waals surface area contributed by atoms with E-state index in [0.717, 1.165) is 24.0 Å². The predicted molar refractivity (Wildman–Crippen MR) is 99.8 cm³/mol. The third-order valence-electron chi connectivity index (χ3n) is 5.69. The van der Waals surface area contributed by atoms with E-state index in [9.17, 15) is 13.6 Å². The maximum atomic E-state index is 14.2. The van der Waals surface area contributed by atoms with Crippen molar-refractivity contribution in [3.63, 3.8) is 0 Å². The van der Waals surface area contributed by atoms with Crippen molar-refractivity contribution >= 4 is 11.7 Å². The SMILES string of the molecule is Cc1cc(NC(=O)N2C3CCC2c2ccnc(F)c2C3)ccc1C(C)(C)F. The number of halogens is 2. The van der Waals surface area contributed by atoms with E-state index in [0.29, 0.717) is 23.2 Å². The largest absolute Gasteiger partial charge is 0.322 e. The fraction of sp³-hybridized carbons (Fsp3) is 0.429. The Morgan fingerprint density at radius 2 is 2.07 bits per heavy atom. The highest BCUT2D eigenvalue weighted by atomic mass is 19.1. The Balaban J connectivity index is 1.57. The number of urea groups is 1. The quantitative estimate of drug-likeness (QED) is 0.753. The molecule has 4 rings (SSSR count). The van der Waals surface area contributed by atoms with E-state index in [1.54, 1.807) is 18.2 Å². The first-order valence-corrected chi connectivity index (χ1v) is 9.28. The van der Waals surface area contributed by atoms with Crippen molar-refractivity contribution < 1.29 is 13.6 Å². The van der Waals surface area contributed by atoms with Crippen molar-refractivity contribution in [1.29, 1.82) is 0 Å². The lowest BCUT2D eigenvalue weighted by Gasteiger charge is -2.36. The molecule has 1 aromatic heterocycles. The van der Waals surface area contributed by atoms with Crippen molar-refractivity contribution in [2.24, 2.45) is 0 Å². The Morgan fingerprint density at radius 1 is 1.30 bits per heavy atom. The molecule has 1 fully saturated rings. The number of carbonyl (C=O) groups excluding carboxylic acids is 1. The molecule has 6 heteroatoms. The third-order valence-corrected chi connectivity index (χ3v) is 5.69. The second-order valence-corrected chi connectivity index (χ2v) is 7.96. The molecule has 4 nitrogen and oxygen atoms in total. The zero-order chi connectivity index (χ0) is 19.3. The summed E-state index contributed by atoms with van der Waals surface area (Å²) < 4.78 is 28.3. The Kier molecular flexibility index (Phi) is 4.17. The zero-order valence-corrected chi connectivity index (χ0v) is 15.7. The van der Waals surface area contributed by atoms with E-state index >= 15 is 0 Å². The van der Waals surface area contributed by atoms with Crippen LogP contribution in [0.25, 0.3) is 0 Å². The summed E-state index contributed by atoms with van der Waals surface area (Å²) in [6.07, 6.45) is 3.62. The van der Waals surface area contributed by atoms with E-state index < -0.39 is 11.6 Å². The van der Waals surface area contributed by atoms with Gasteiger partial charge in [-0.1, -0.05) is 6.07 Å². The molecule has 3 heterocycles. The maximum Gasteiger partial charge on any atom is 0.322 e. The molecule has 2 unspecified atom stereocenters. The number of pyridine rings is 1. The molecule has 27 heavy (non-hydrogen) atoms. The number of aromatic nitrogens is 1. The Hall–Kier alpha value is -2.50. The van der Waals surface area contributed by atoms with Crippen LogP contribution in [0.4, 0.5) is 19.3 Å². The number of benzene rings is 1. The average Bonchev–Trinajstić information content (AvgIpc) is 2.90. The van der Waals surface area contributed by atoms with Gasteiger partial charge >= 0.3 is 6.03 Å². The summed E-state index contributed by atoms with van der Waals surface area (Å²) in [5, 5.41) is 2.93. The van der Waals surface area contributed by atoms with Crippen LogP contribution in [0.5, 0.6) is 0 Å². The molecule has 1 aromatic carbocycles. The lowest BCUT2D eigenvalue weighted by molar-refractivity contribution is 0.178. The number of hydrogen-bond acceptors (Lipinski definition) is 2. The monoisotopic (exact) mass is 371 g/mol. The molecule has 0 saturated carbocycles. The van der Waals surface area contributed by atoms with Gasteiger partial charge in [-0.2, -0.15) is 4.39 Å². The summed E-state index contributed by atoms with van der Waals surface area (Å²) in [6.45, 7) is 4.87. The summed E-state index contributed by atoms with van der Waals surface area (Å²) in [5.41, 5.74) is 2.10. The molecule has 2 aliphatic rings. The molecule has 2 atom stereocenters. The Morgan fingerprint density at radius 3 is 2.78 bits per heavy atom. The first kappa shape index (κ1) is 17.9. The van der Waals surface area contributed by atoms with E-state index in [4.69, 9.17) is 0 Å². The van der Waals surface area contributed by atoms with Gasteiger partial charge in [0.1, 0.15) is 5.67 Å². The van der Waals surface area contributed by atoms with Gasteiger partial charge in [-0.3, -0.25) is 0 Å². The van der Waals surface area contributed by atoms with Gasteiger partial charge in [0.2, 0.25) is 5.95 Å². The molecule has 142 valence electrons. The summed E-state index contributed by atoms with van der Waals surface area (Å²) >= 11 is 0. The molecule has 0 aliphatic carbocycles. The minimum atomic E-state index is -1.43. The zero-order valence-electron chi connectivity index (χ0n) is 15.7. The van der Waals surface area contributed by atoms with Gasteiger partial charge in [0.25, 0.3) is 0 Å². The average molecular weight is 371 g/mol. The van der Waals surface area contributed by atoms with Crippen molar-refractivity contribution in [3.05, 3.63) is 58.7 Å². The van der Waals surface area contributed by atoms with Crippen molar-refractivity contribution in [2.45, 2.75) is 57.8 Å². The van der Waals surface area contributed by atoms with Crippen molar-refractivity contribution in [2.75, 3.05) is 5.32 Å². The van der Waals surface area contributed by atoms with Crippen LogP contribution in [0.3, 0.4) is 0 Å². The fourth-order valence-electron chi connectivity index (χ4n) is 4.52. The first-order chi connectivity index (χ1) is 12.8. The number of aryl methyl sites for hydroxylation is 1. The van der Waals surface area contributed by atoms with Gasteiger partial charge in [-0.15, -0.1) is 0 Å². The van der Waals surface area contributed by atoms with Crippen LogP contribution >= 0.6 is 0 Å². The topological polar surface area (TPSA) is 45.2 Å². The molecule has 2 amide bonds. The van der Waals surface area contributed by atoms with Crippen LogP contribution in [0.15, 0.2) is 30.5 Å². The van der Waals surface area contributed by atoms with E-state index in [-0.39, 0.29) is 18.1 Å². The highest BCUT2D eigenvalue weighted by Crippen LogP contribution is 2.44. The molecular formula is C21H23F2N3O. The van der Waals surface area contributed by atoms with Crippen molar-refractivity contribution in [1.82, 2.24) is 9.88 Å². The smallest absolute Gasteiger partial charge is 0.314 e. The predicted octanol–water partition coefficient (Wildman–Crippen LogP) is 5.03. The van der Waals surface area contributed by atoms with Crippen LogP contribution in [0.2, 0.25) is 0 Å². The minimum absolute atomic E-state index is 0.0219. The van der Waals surface area contributed by atoms with Gasteiger partial charge < -0.3 is 10.2 Å². The second kappa shape index (κ2) is 6.29. The Labute approximate surface area is 157 Å². The summed E-state index contributed by atoms with van der Waals surface area (Å²) in [6, 6.07) is 6.70. The van der Waals surface area contributed by atoms with Crippen molar-refractivity contribution in [3.8, 4) is 0 Å². The van der Waals surface area contributed by atoms with Crippen LogP contribution in [-0.4, -0.2) is 22.0 Å². The maximum absolute atomic E-state index is 14.2. The molecular weight excluding hydrogens is 348 g/mol. The number of nitrogens with zero attached hydrogens (tertiary/aromatic N) is 2. The van der Waals surface area contributed by atoms with E-state index in [2.05, 4.69) is 10.3 Å². The van der Waals surface area contributed by atoms with Gasteiger partial charge in [-0.05, 0) is 74.9 Å².